The van der Waals surface area contributed by atoms with Gasteiger partial charge >= 0.3 is 0 Å². The molecule has 0 radical (unpaired) electrons. The monoisotopic (exact) mass is 286 g/mol. The molecular weight excluding hydrogens is 260 g/mol. The molecule has 3 unspecified atom stereocenters. The standard InChI is InChI=1S/C14H26N2O2S/c1-4-12-15-14(8-5-6-9-14)13(17)16(12)11(2)7-10-19(3)18/h11-12,15H,4-10H2,1-3H3. The third-order valence-corrected chi connectivity index (χ3v) is 5.37. The van der Waals surface area contributed by atoms with E-state index in [1.165, 1.54) is 0 Å². The van der Waals surface area contributed by atoms with Gasteiger partial charge in [0.25, 0.3) is 0 Å². The second kappa shape index (κ2) is 5.92. The summed E-state index contributed by atoms with van der Waals surface area (Å²) in [6.45, 7) is 4.21. The average molecular weight is 286 g/mol. The maximum Gasteiger partial charge on any atom is 0.244 e. The fourth-order valence-corrected chi connectivity index (χ4v) is 4.13. The van der Waals surface area contributed by atoms with Crippen molar-refractivity contribution in [3.05, 3.63) is 0 Å². The Kier molecular flexibility index (Phi) is 4.66. The van der Waals surface area contributed by atoms with Crippen LogP contribution in [-0.4, -0.2) is 44.8 Å². The largest absolute Gasteiger partial charge is 0.323 e. The maximum absolute atomic E-state index is 12.8. The first-order valence-corrected chi connectivity index (χ1v) is 9.13. The van der Waals surface area contributed by atoms with Crippen molar-refractivity contribution in [2.75, 3.05) is 12.0 Å². The first-order chi connectivity index (χ1) is 9.00. The maximum atomic E-state index is 12.8. The molecule has 1 saturated carbocycles. The SMILES string of the molecule is CCC1NC2(CCCC2)C(=O)N1C(C)CCS(C)=O. The number of hydrogen-bond donors (Lipinski definition) is 1. The van der Waals surface area contributed by atoms with Gasteiger partial charge in [0.15, 0.2) is 0 Å². The number of rotatable bonds is 5. The van der Waals surface area contributed by atoms with Gasteiger partial charge in [-0.3, -0.25) is 14.3 Å². The molecule has 2 fully saturated rings. The lowest BCUT2D eigenvalue weighted by molar-refractivity contribution is -0.135. The lowest BCUT2D eigenvalue weighted by Crippen LogP contribution is -2.45. The number of carbonyl (C=O) groups is 1. The molecule has 2 aliphatic rings. The summed E-state index contributed by atoms with van der Waals surface area (Å²) in [5.74, 6) is 0.959. The topological polar surface area (TPSA) is 49.4 Å². The van der Waals surface area contributed by atoms with E-state index in [2.05, 4.69) is 19.2 Å². The first kappa shape index (κ1) is 15.0. The van der Waals surface area contributed by atoms with E-state index in [4.69, 9.17) is 0 Å². The first-order valence-electron chi connectivity index (χ1n) is 7.40. The van der Waals surface area contributed by atoms with Gasteiger partial charge in [0.05, 0.1) is 11.7 Å². The quantitative estimate of drug-likeness (QED) is 0.835. The van der Waals surface area contributed by atoms with E-state index in [0.29, 0.717) is 5.75 Å². The van der Waals surface area contributed by atoms with E-state index in [1.54, 1.807) is 6.26 Å². The van der Waals surface area contributed by atoms with E-state index in [9.17, 15) is 9.00 Å². The molecule has 1 heterocycles. The van der Waals surface area contributed by atoms with Crippen molar-refractivity contribution in [1.82, 2.24) is 10.2 Å². The van der Waals surface area contributed by atoms with Crippen LogP contribution in [0.5, 0.6) is 0 Å². The third-order valence-electron chi connectivity index (χ3n) is 4.56. The normalized spacial score (nSPS) is 29.1. The van der Waals surface area contributed by atoms with Crippen molar-refractivity contribution in [3.8, 4) is 0 Å². The van der Waals surface area contributed by atoms with Gasteiger partial charge in [0.1, 0.15) is 0 Å². The molecule has 2 rings (SSSR count). The zero-order valence-electron chi connectivity index (χ0n) is 12.3. The second-order valence-corrected chi connectivity index (χ2v) is 7.54. The van der Waals surface area contributed by atoms with Crippen LogP contribution in [-0.2, 0) is 15.6 Å². The Morgan fingerprint density at radius 1 is 1.47 bits per heavy atom. The molecule has 1 spiro atoms. The molecule has 1 amide bonds. The minimum atomic E-state index is -0.779. The van der Waals surface area contributed by atoms with Crippen LogP contribution in [0.25, 0.3) is 0 Å². The summed E-state index contributed by atoms with van der Waals surface area (Å²) in [4.78, 5) is 14.8. The van der Waals surface area contributed by atoms with Crippen molar-refractivity contribution in [3.63, 3.8) is 0 Å². The summed E-state index contributed by atoms with van der Waals surface area (Å²) in [5.41, 5.74) is -0.277. The Balaban J connectivity index is 2.09. The Bertz CT molecular complexity index is 366. The molecule has 0 aromatic rings. The summed E-state index contributed by atoms with van der Waals surface area (Å²) in [7, 11) is -0.779. The Morgan fingerprint density at radius 3 is 2.63 bits per heavy atom. The summed E-state index contributed by atoms with van der Waals surface area (Å²) in [6, 6.07) is 0.175. The van der Waals surface area contributed by atoms with Crippen LogP contribution < -0.4 is 5.32 Å². The van der Waals surface area contributed by atoms with Crippen molar-refractivity contribution >= 4 is 16.7 Å². The zero-order chi connectivity index (χ0) is 14.0. The molecule has 0 aromatic heterocycles. The molecule has 1 aliphatic heterocycles. The molecular formula is C14H26N2O2S. The molecule has 0 bridgehead atoms. The second-order valence-electron chi connectivity index (χ2n) is 5.99. The van der Waals surface area contributed by atoms with E-state index >= 15 is 0 Å². The lowest BCUT2D eigenvalue weighted by atomic mass is 9.97. The number of nitrogens with one attached hydrogen (secondary N) is 1. The van der Waals surface area contributed by atoms with Gasteiger partial charge in [-0.1, -0.05) is 19.8 Å². The summed E-state index contributed by atoms with van der Waals surface area (Å²) >= 11 is 0. The summed E-state index contributed by atoms with van der Waals surface area (Å²) < 4.78 is 11.2. The van der Waals surface area contributed by atoms with Crippen LogP contribution in [0.1, 0.15) is 52.4 Å². The van der Waals surface area contributed by atoms with Crippen LogP contribution in [0.4, 0.5) is 0 Å². The van der Waals surface area contributed by atoms with Crippen molar-refractivity contribution in [1.29, 1.82) is 0 Å². The Hall–Kier alpha value is -0.420. The highest BCUT2D eigenvalue weighted by Gasteiger charge is 2.52. The molecule has 1 saturated heterocycles. The third kappa shape index (κ3) is 2.87. The number of nitrogens with zero attached hydrogens (tertiary/aromatic N) is 1. The Morgan fingerprint density at radius 2 is 2.11 bits per heavy atom. The van der Waals surface area contributed by atoms with Crippen molar-refractivity contribution in [2.45, 2.75) is 70.1 Å². The molecule has 5 heteroatoms. The summed E-state index contributed by atoms with van der Waals surface area (Å²) in [6.07, 6.45) is 7.90. The van der Waals surface area contributed by atoms with Gasteiger partial charge in [0, 0.05) is 28.9 Å². The van der Waals surface area contributed by atoms with E-state index in [0.717, 1.165) is 38.5 Å². The van der Waals surface area contributed by atoms with E-state index in [1.807, 2.05) is 4.90 Å². The number of hydrogen-bond acceptors (Lipinski definition) is 3. The van der Waals surface area contributed by atoms with Crippen molar-refractivity contribution < 1.29 is 9.00 Å². The van der Waals surface area contributed by atoms with Gasteiger partial charge in [-0.15, -0.1) is 0 Å². The lowest BCUT2D eigenvalue weighted by Gasteiger charge is -2.30. The molecule has 110 valence electrons. The fourth-order valence-electron chi connectivity index (χ4n) is 3.46. The molecule has 1 aliphatic carbocycles. The molecule has 3 atom stereocenters. The van der Waals surface area contributed by atoms with Gasteiger partial charge in [-0.2, -0.15) is 0 Å². The Labute approximate surface area is 118 Å². The van der Waals surface area contributed by atoms with Crippen molar-refractivity contribution in [2.24, 2.45) is 0 Å². The zero-order valence-corrected chi connectivity index (χ0v) is 13.1. The van der Waals surface area contributed by atoms with Gasteiger partial charge in [-0.05, 0) is 32.6 Å². The van der Waals surface area contributed by atoms with Gasteiger partial charge in [0.2, 0.25) is 5.91 Å². The van der Waals surface area contributed by atoms with Crippen LogP contribution >= 0.6 is 0 Å². The van der Waals surface area contributed by atoms with Crippen LogP contribution in [0.3, 0.4) is 0 Å². The van der Waals surface area contributed by atoms with E-state index < -0.39 is 10.8 Å². The molecule has 0 aromatic carbocycles. The number of carbonyl (C=O) groups excluding carboxylic acids is 1. The minimum Gasteiger partial charge on any atom is -0.323 e. The minimum absolute atomic E-state index is 0.158. The fraction of sp³-hybridized carbons (Fsp3) is 0.929. The van der Waals surface area contributed by atoms with Crippen LogP contribution in [0.2, 0.25) is 0 Å². The molecule has 1 N–H and O–H groups in total. The highest BCUT2D eigenvalue weighted by atomic mass is 32.2. The molecule has 4 nitrogen and oxygen atoms in total. The highest BCUT2D eigenvalue weighted by Crippen LogP contribution is 2.38. The predicted molar refractivity (Wildman–Crippen MR) is 78.3 cm³/mol. The smallest absolute Gasteiger partial charge is 0.244 e. The van der Waals surface area contributed by atoms with Gasteiger partial charge < -0.3 is 4.90 Å². The average Bonchev–Trinajstić information content (AvgIpc) is 2.94. The van der Waals surface area contributed by atoms with Gasteiger partial charge in [-0.25, -0.2) is 0 Å². The highest BCUT2D eigenvalue weighted by molar-refractivity contribution is 7.84. The predicted octanol–water partition coefficient (Wildman–Crippen LogP) is 1.62. The van der Waals surface area contributed by atoms with Crippen LogP contribution in [0.15, 0.2) is 0 Å². The summed E-state index contributed by atoms with van der Waals surface area (Å²) in [5, 5.41) is 3.58. The number of amides is 1. The van der Waals surface area contributed by atoms with Crippen LogP contribution in [0, 0.1) is 0 Å². The molecule has 19 heavy (non-hydrogen) atoms. The van der Waals surface area contributed by atoms with E-state index in [-0.39, 0.29) is 23.7 Å².